The van der Waals surface area contributed by atoms with Gasteiger partial charge in [0.25, 0.3) is 5.91 Å². The Morgan fingerprint density at radius 1 is 1.21 bits per heavy atom. The van der Waals surface area contributed by atoms with Crippen LogP contribution in [0, 0.1) is 6.92 Å². The van der Waals surface area contributed by atoms with E-state index in [-0.39, 0.29) is 11.9 Å². The van der Waals surface area contributed by atoms with Crippen molar-refractivity contribution in [2.75, 3.05) is 5.32 Å². The van der Waals surface area contributed by atoms with E-state index in [1.54, 1.807) is 12.3 Å². The van der Waals surface area contributed by atoms with Crippen molar-refractivity contribution in [1.29, 1.82) is 0 Å². The second kappa shape index (κ2) is 7.62. The maximum Gasteiger partial charge on any atom is 0.270 e. The van der Waals surface area contributed by atoms with Crippen molar-refractivity contribution in [2.45, 2.75) is 45.1 Å². The van der Waals surface area contributed by atoms with Crippen LogP contribution in [0.5, 0.6) is 0 Å². The van der Waals surface area contributed by atoms with Crippen molar-refractivity contribution in [3.05, 3.63) is 46.7 Å². The third-order valence-electron chi connectivity index (χ3n) is 4.34. The summed E-state index contributed by atoms with van der Waals surface area (Å²) in [6.07, 6.45) is 7.29. The molecule has 1 aromatic heterocycles. The van der Waals surface area contributed by atoms with Crippen LogP contribution in [0.3, 0.4) is 0 Å². The van der Waals surface area contributed by atoms with Gasteiger partial charge in [0.1, 0.15) is 5.69 Å². The van der Waals surface area contributed by atoms with Crippen molar-refractivity contribution >= 4 is 29.1 Å². The van der Waals surface area contributed by atoms with Crippen molar-refractivity contribution in [1.82, 2.24) is 15.3 Å². The molecule has 1 fully saturated rings. The van der Waals surface area contributed by atoms with Crippen molar-refractivity contribution in [2.24, 2.45) is 0 Å². The zero-order valence-corrected chi connectivity index (χ0v) is 14.4. The highest BCUT2D eigenvalue weighted by atomic mass is 35.5. The van der Waals surface area contributed by atoms with Crippen LogP contribution in [0.4, 0.5) is 11.6 Å². The van der Waals surface area contributed by atoms with Crippen molar-refractivity contribution in [3.63, 3.8) is 0 Å². The highest BCUT2D eigenvalue weighted by molar-refractivity contribution is 6.31. The number of carbonyl (C=O) groups is 1. The van der Waals surface area contributed by atoms with Crippen LogP contribution in [0.2, 0.25) is 5.02 Å². The Morgan fingerprint density at radius 3 is 2.79 bits per heavy atom. The summed E-state index contributed by atoms with van der Waals surface area (Å²) in [7, 11) is 0. The summed E-state index contributed by atoms with van der Waals surface area (Å²) >= 11 is 6.13. The van der Waals surface area contributed by atoms with Gasteiger partial charge in [-0.3, -0.25) is 4.79 Å². The molecule has 2 N–H and O–H groups in total. The minimum absolute atomic E-state index is 0.143. The van der Waals surface area contributed by atoms with Crippen molar-refractivity contribution < 1.29 is 4.79 Å². The molecular weight excluding hydrogens is 324 g/mol. The summed E-state index contributed by atoms with van der Waals surface area (Å²) < 4.78 is 0. The number of hydrogen-bond acceptors (Lipinski definition) is 4. The minimum Gasteiger partial charge on any atom is -0.348 e. The molecule has 0 radical (unpaired) electrons. The second-order valence-corrected chi connectivity index (χ2v) is 6.52. The summed E-state index contributed by atoms with van der Waals surface area (Å²) in [6.45, 7) is 1.92. The molecule has 1 amide bonds. The molecule has 5 nitrogen and oxygen atoms in total. The Morgan fingerprint density at radius 2 is 2.00 bits per heavy atom. The maximum absolute atomic E-state index is 12.4. The molecule has 1 aliphatic rings. The van der Waals surface area contributed by atoms with Gasteiger partial charge in [-0.2, -0.15) is 0 Å². The number of nitrogens with one attached hydrogen (secondary N) is 2. The second-order valence-electron chi connectivity index (χ2n) is 6.11. The fourth-order valence-corrected chi connectivity index (χ4v) is 3.09. The standard InChI is InChI=1S/C18H21ClN4O/c1-12-14(19)8-5-9-15(12)22-18-20-11-10-16(23-18)17(24)21-13-6-3-2-4-7-13/h5,8-11,13H,2-4,6-7H2,1H3,(H,21,24)(H,20,22,23). The molecule has 0 unspecified atom stereocenters. The number of aromatic nitrogens is 2. The van der Waals surface area contributed by atoms with E-state index in [0.717, 1.165) is 24.1 Å². The van der Waals surface area contributed by atoms with Crippen LogP contribution in [0.1, 0.15) is 48.2 Å². The zero-order chi connectivity index (χ0) is 16.9. The van der Waals surface area contributed by atoms with Gasteiger partial charge in [0.05, 0.1) is 0 Å². The lowest BCUT2D eigenvalue weighted by molar-refractivity contribution is 0.0922. The SMILES string of the molecule is Cc1c(Cl)cccc1Nc1nccc(C(=O)NC2CCCCC2)n1. The Labute approximate surface area is 146 Å². The van der Waals surface area contributed by atoms with Gasteiger partial charge in [-0.15, -0.1) is 0 Å². The molecule has 1 saturated carbocycles. The third-order valence-corrected chi connectivity index (χ3v) is 4.75. The van der Waals surface area contributed by atoms with E-state index in [1.165, 1.54) is 19.3 Å². The molecule has 3 rings (SSSR count). The molecule has 126 valence electrons. The van der Waals surface area contributed by atoms with Crippen LogP contribution < -0.4 is 10.6 Å². The normalized spacial score (nSPS) is 15.1. The van der Waals surface area contributed by atoms with Crippen LogP contribution >= 0.6 is 11.6 Å². The van der Waals surface area contributed by atoms with E-state index in [0.29, 0.717) is 16.7 Å². The summed E-state index contributed by atoms with van der Waals surface area (Å²) in [5.74, 6) is 0.242. The van der Waals surface area contributed by atoms with Crippen LogP contribution in [0.25, 0.3) is 0 Å². The number of carbonyl (C=O) groups excluding carboxylic acids is 1. The summed E-state index contributed by atoms with van der Waals surface area (Å²) in [5.41, 5.74) is 2.12. The van der Waals surface area contributed by atoms with E-state index in [9.17, 15) is 4.79 Å². The topological polar surface area (TPSA) is 66.9 Å². The number of rotatable bonds is 4. The lowest BCUT2D eigenvalue weighted by Crippen LogP contribution is -2.36. The fraction of sp³-hybridized carbons (Fsp3) is 0.389. The lowest BCUT2D eigenvalue weighted by Gasteiger charge is -2.22. The Balaban J connectivity index is 1.71. The minimum atomic E-state index is -0.143. The van der Waals surface area contributed by atoms with Crippen LogP contribution in [-0.2, 0) is 0 Å². The van der Waals surface area contributed by atoms with Gasteiger partial charge in [0.15, 0.2) is 0 Å². The molecule has 2 aromatic rings. The predicted molar refractivity (Wildman–Crippen MR) is 95.8 cm³/mol. The third kappa shape index (κ3) is 4.03. The van der Waals surface area contributed by atoms with Gasteiger partial charge in [0.2, 0.25) is 5.95 Å². The smallest absolute Gasteiger partial charge is 0.270 e. The quantitative estimate of drug-likeness (QED) is 0.870. The van der Waals surface area contributed by atoms with E-state index < -0.39 is 0 Å². The Bertz CT molecular complexity index is 729. The number of anilines is 2. The van der Waals surface area contributed by atoms with E-state index >= 15 is 0 Å². The van der Waals surface area contributed by atoms with Gasteiger partial charge in [-0.05, 0) is 43.5 Å². The predicted octanol–water partition coefficient (Wildman–Crippen LogP) is 4.24. The average Bonchev–Trinajstić information content (AvgIpc) is 2.60. The Kier molecular flexibility index (Phi) is 5.30. The highest BCUT2D eigenvalue weighted by Crippen LogP contribution is 2.25. The molecular formula is C18H21ClN4O. The molecule has 0 spiro atoms. The maximum atomic E-state index is 12.4. The molecule has 1 aromatic carbocycles. The summed E-state index contributed by atoms with van der Waals surface area (Å²) in [4.78, 5) is 20.9. The molecule has 0 bridgehead atoms. The number of nitrogens with zero attached hydrogens (tertiary/aromatic N) is 2. The zero-order valence-electron chi connectivity index (χ0n) is 13.7. The van der Waals surface area contributed by atoms with Crippen LogP contribution in [-0.4, -0.2) is 21.9 Å². The summed E-state index contributed by atoms with van der Waals surface area (Å²) in [6, 6.07) is 7.48. The fourth-order valence-electron chi connectivity index (χ4n) is 2.91. The number of hydrogen-bond donors (Lipinski definition) is 2. The highest BCUT2D eigenvalue weighted by Gasteiger charge is 2.17. The Hall–Kier alpha value is -2.14. The van der Waals surface area contributed by atoms with Gasteiger partial charge in [-0.1, -0.05) is 36.9 Å². The molecule has 1 aliphatic carbocycles. The van der Waals surface area contributed by atoms with Gasteiger partial charge >= 0.3 is 0 Å². The molecule has 0 saturated heterocycles. The average molecular weight is 345 g/mol. The molecule has 6 heteroatoms. The number of amides is 1. The van der Waals surface area contributed by atoms with Gasteiger partial charge < -0.3 is 10.6 Å². The first-order valence-corrected chi connectivity index (χ1v) is 8.67. The summed E-state index contributed by atoms with van der Waals surface area (Å²) in [5, 5.41) is 6.87. The molecule has 0 atom stereocenters. The van der Waals surface area contributed by atoms with E-state index in [1.807, 2.05) is 25.1 Å². The first kappa shape index (κ1) is 16.7. The van der Waals surface area contributed by atoms with E-state index in [2.05, 4.69) is 20.6 Å². The van der Waals surface area contributed by atoms with Crippen molar-refractivity contribution in [3.8, 4) is 0 Å². The molecule has 0 aliphatic heterocycles. The lowest BCUT2D eigenvalue weighted by atomic mass is 9.95. The number of halogens is 1. The van der Waals surface area contributed by atoms with Gasteiger partial charge in [-0.25, -0.2) is 9.97 Å². The largest absolute Gasteiger partial charge is 0.348 e. The molecule has 1 heterocycles. The van der Waals surface area contributed by atoms with E-state index in [4.69, 9.17) is 11.6 Å². The first-order chi connectivity index (χ1) is 11.6. The van der Waals surface area contributed by atoms with Crippen LogP contribution in [0.15, 0.2) is 30.5 Å². The monoisotopic (exact) mass is 344 g/mol. The van der Waals surface area contributed by atoms with Gasteiger partial charge in [0, 0.05) is 22.9 Å². The molecule has 24 heavy (non-hydrogen) atoms. The first-order valence-electron chi connectivity index (χ1n) is 8.29. The number of benzene rings is 1.